The maximum atomic E-state index is 4.58. The molecule has 2 N–H and O–H groups in total. The van der Waals surface area contributed by atoms with E-state index in [1.807, 2.05) is 13.2 Å². The van der Waals surface area contributed by atoms with Gasteiger partial charge in [-0.25, -0.2) is 4.98 Å². The highest BCUT2D eigenvalue weighted by atomic mass is 127. The summed E-state index contributed by atoms with van der Waals surface area (Å²) < 4.78 is 0. The van der Waals surface area contributed by atoms with Crippen molar-refractivity contribution >= 4 is 35.8 Å². The molecule has 0 aliphatic heterocycles. The maximum Gasteiger partial charge on any atom is 0.191 e. The second kappa shape index (κ2) is 15.8. The predicted octanol–water partition coefficient (Wildman–Crippen LogP) is 3.72. The van der Waals surface area contributed by atoms with Gasteiger partial charge in [-0.1, -0.05) is 19.9 Å². The minimum Gasteiger partial charge on any atom is -0.357 e. The Bertz CT molecular complexity index is 526. The fraction of sp³-hybridized carbons (Fsp3) is 0.714. The van der Waals surface area contributed by atoms with Crippen molar-refractivity contribution in [3.63, 3.8) is 0 Å². The molecule has 1 unspecified atom stereocenters. The molecule has 0 amide bonds. The zero-order valence-electron chi connectivity index (χ0n) is 18.7. The number of aromatic nitrogens is 1. The van der Waals surface area contributed by atoms with Crippen molar-refractivity contribution in [1.82, 2.24) is 20.5 Å². The Hall–Kier alpha value is -1.09. The van der Waals surface area contributed by atoms with Crippen molar-refractivity contribution in [1.29, 1.82) is 0 Å². The first kappa shape index (κ1) is 26.9. The lowest BCUT2D eigenvalue weighted by Gasteiger charge is -2.21. The van der Waals surface area contributed by atoms with Crippen molar-refractivity contribution < 1.29 is 0 Å². The zero-order chi connectivity index (χ0) is 20.1. The molecule has 0 fully saturated rings. The highest BCUT2D eigenvalue weighted by Crippen LogP contribution is 2.10. The van der Waals surface area contributed by atoms with E-state index in [1.165, 1.54) is 6.42 Å². The van der Waals surface area contributed by atoms with Gasteiger partial charge in [-0.3, -0.25) is 4.99 Å². The summed E-state index contributed by atoms with van der Waals surface area (Å²) in [5, 5.41) is 6.88. The molecule has 162 valence electrons. The lowest BCUT2D eigenvalue weighted by molar-refractivity contribution is 0.292. The fourth-order valence-electron chi connectivity index (χ4n) is 3.10. The summed E-state index contributed by atoms with van der Waals surface area (Å²) in [6.45, 7) is 17.1. The van der Waals surface area contributed by atoms with Crippen LogP contribution in [0.25, 0.3) is 0 Å². The highest BCUT2D eigenvalue weighted by molar-refractivity contribution is 14.0. The van der Waals surface area contributed by atoms with Crippen LogP contribution in [0.5, 0.6) is 0 Å². The number of hydrogen-bond acceptors (Lipinski definition) is 4. The molecule has 0 aromatic carbocycles. The quantitative estimate of drug-likeness (QED) is 0.258. The number of nitrogens with zero attached hydrogens (tertiary/aromatic N) is 4. The molecule has 0 aliphatic rings. The molecule has 1 atom stereocenters. The average Bonchev–Trinajstić information content (AvgIpc) is 2.70. The molecular formula is C21H41IN6. The highest BCUT2D eigenvalue weighted by Gasteiger charge is 2.07. The van der Waals surface area contributed by atoms with Crippen molar-refractivity contribution in [3.05, 3.63) is 23.9 Å². The summed E-state index contributed by atoms with van der Waals surface area (Å²) in [6.07, 6.45) is 4.28. The molecule has 1 rings (SSSR count). The minimum absolute atomic E-state index is 0. The molecule has 0 bridgehead atoms. The number of aliphatic imine (C=N–C) groups is 1. The first-order chi connectivity index (χ1) is 13.1. The SMILES string of the molecule is CCN(CC)CCCC(C)NC(=NC)NCc1ccc(N(CC)CC)nc1.I. The van der Waals surface area contributed by atoms with Gasteiger partial charge in [-0.15, -0.1) is 24.0 Å². The van der Waals surface area contributed by atoms with E-state index < -0.39 is 0 Å². The smallest absolute Gasteiger partial charge is 0.191 e. The Kier molecular flexibility index (Phi) is 15.2. The molecule has 0 spiro atoms. The second-order valence-corrected chi connectivity index (χ2v) is 6.84. The Balaban J connectivity index is 0.00000729. The number of nitrogens with one attached hydrogen (secondary N) is 2. The van der Waals surface area contributed by atoms with Crippen LogP contribution in [0.15, 0.2) is 23.3 Å². The lowest BCUT2D eigenvalue weighted by Crippen LogP contribution is -2.42. The maximum absolute atomic E-state index is 4.58. The minimum atomic E-state index is 0. The summed E-state index contributed by atoms with van der Waals surface area (Å²) in [5.41, 5.74) is 1.16. The van der Waals surface area contributed by atoms with Crippen LogP contribution in [0.1, 0.15) is 53.0 Å². The third kappa shape index (κ3) is 9.91. The first-order valence-electron chi connectivity index (χ1n) is 10.5. The summed E-state index contributed by atoms with van der Waals surface area (Å²) >= 11 is 0. The topological polar surface area (TPSA) is 55.8 Å². The number of anilines is 1. The molecule has 1 heterocycles. The van der Waals surface area contributed by atoms with E-state index in [0.717, 1.165) is 63.0 Å². The third-order valence-electron chi connectivity index (χ3n) is 4.97. The zero-order valence-corrected chi connectivity index (χ0v) is 21.0. The summed E-state index contributed by atoms with van der Waals surface area (Å²) in [6, 6.07) is 4.62. The predicted molar refractivity (Wildman–Crippen MR) is 133 cm³/mol. The standard InChI is InChI=1S/C21H40N6.HI/c1-7-26(8-2)15-11-12-18(5)25-21(22-6)24-17-19-13-14-20(23-16-19)27(9-3)10-4;/h13-14,16,18H,7-12,15,17H2,1-6H3,(H2,22,24,25);1H. The molecule has 0 saturated heterocycles. The van der Waals surface area contributed by atoms with Gasteiger partial charge in [-0.05, 0) is 64.9 Å². The Morgan fingerprint density at radius 3 is 2.29 bits per heavy atom. The number of rotatable bonds is 12. The van der Waals surface area contributed by atoms with Gasteiger partial charge in [0.25, 0.3) is 0 Å². The van der Waals surface area contributed by atoms with Gasteiger partial charge < -0.3 is 20.4 Å². The van der Waals surface area contributed by atoms with Gasteiger partial charge in [-0.2, -0.15) is 0 Å². The summed E-state index contributed by atoms with van der Waals surface area (Å²) in [7, 11) is 1.82. The number of hydrogen-bond donors (Lipinski definition) is 2. The van der Waals surface area contributed by atoms with E-state index in [4.69, 9.17) is 0 Å². The largest absolute Gasteiger partial charge is 0.357 e. The van der Waals surface area contributed by atoms with Crippen LogP contribution in [0.4, 0.5) is 5.82 Å². The van der Waals surface area contributed by atoms with E-state index in [-0.39, 0.29) is 24.0 Å². The van der Waals surface area contributed by atoms with Gasteiger partial charge in [0, 0.05) is 38.9 Å². The van der Waals surface area contributed by atoms with Gasteiger partial charge in [0.05, 0.1) is 0 Å². The molecule has 7 heteroatoms. The second-order valence-electron chi connectivity index (χ2n) is 6.84. The lowest BCUT2D eigenvalue weighted by atomic mass is 10.2. The van der Waals surface area contributed by atoms with Crippen LogP contribution in [0.3, 0.4) is 0 Å². The van der Waals surface area contributed by atoms with Crippen LogP contribution in [-0.2, 0) is 6.54 Å². The van der Waals surface area contributed by atoms with Crippen molar-refractivity contribution in [2.24, 2.45) is 4.99 Å². The van der Waals surface area contributed by atoms with Gasteiger partial charge in [0.1, 0.15) is 5.82 Å². The van der Waals surface area contributed by atoms with Crippen LogP contribution < -0.4 is 15.5 Å². The van der Waals surface area contributed by atoms with E-state index in [9.17, 15) is 0 Å². The molecule has 0 aliphatic carbocycles. The Morgan fingerprint density at radius 1 is 1.11 bits per heavy atom. The molecule has 1 aromatic rings. The fourth-order valence-corrected chi connectivity index (χ4v) is 3.10. The van der Waals surface area contributed by atoms with Crippen LogP contribution >= 0.6 is 24.0 Å². The summed E-state index contributed by atoms with van der Waals surface area (Å²) in [5.74, 6) is 1.88. The average molecular weight is 505 g/mol. The first-order valence-corrected chi connectivity index (χ1v) is 10.5. The summed E-state index contributed by atoms with van der Waals surface area (Å²) in [4.78, 5) is 13.6. The Labute approximate surface area is 189 Å². The number of pyridine rings is 1. The van der Waals surface area contributed by atoms with Crippen molar-refractivity contribution in [3.8, 4) is 0 Å². The van der Waals surface area contributed by atoms with E-state index in [1.54, 1.807) is 0 Å². The molecule has 1 aromatic heterocycles. The van der Waals surface area contributed by atoms with Crippen LogP contribution in [-0.4, -0.2) is 61.7 Å². The normalized spacial score (nSPS) is 12.5. The van der Waals surface area contributed by atoms with Gasteiger partial charge >= 0.3 is 0 Å². The molecule has 0 radical (unpaired) electrons. The van der Waals surface area contributed by atoms with E-state index >= 15 is 0 Å². The number of halogens is 1. The van der Waals surface area contributed by atoms with Crippen molar-refractivity contribution in [2.75, 3.05) is 44.7 Å². The third-order valence-corrected chi connectivity index (χ3v) is 4.97. The molecule has 28 heavy (non-hydrogen) atoms. The number of guanidine groups is 1. The Morgan fingerprint density at radius 2 is 1.79 bits per heavy atom. The molecule has 6 nitrogen and oxygen atoms in total. The molecular weight excluding hydrogens is 463 g/mol. The van der Waals surface area contributed by atoms with E-state index in [2.05, 4.69) is 77.2 Å². The van der Waals surface area contributed by atoms with Gasteiger partial charge in [0.15, 0.2) is 5.96 Å². The van der Waals surface area contributed by atoms with Gasteiger partial charge in [0.2, 0.25) is 0 Å². The van der Waals surface area contributed by atoms with E-state index in [0.29, 0.717) is 6.04 Å². The molecule has 0 saturated carbocycles. The van der Waals surface area contributed by atoms with Crippen LogP contribution in [0.2, 0.25) is 0 Å². The van der Waals surface area contributed by atoms with Crippen LogP contribution in [0, 0.1) is 0 Å². The van der Waals surface area contributed by atoms with Crippen molar-refractivity contribution in [2.45, 2.75) is 60.0 Å². The monoisotopic (exact) mass is 504 g/mol.